The number of carbonyl (C=O) groups excluding carboxylic acids is 1. The van der Waals surface area contributed by atoms with Gasteiger partial charge in [0, 0.05) is 31.3 Å². The molecular weight excluding hydrogens is 346 g/mol. The van der Waals surface area contributed by atoms with E-state index in [-0.39, 0.29) is 18.0 Å². The van der Waals surface area contributed by atoms with Gasteiger partial charge in [0.2, 0.25) is 0 Å². The van der Waals surface area contributed by atoms with Crippen molar-refractivity contribution in [2.45, 2.75) is 18.5 Å². The lowest BCUT2D eigenvalue weighted by molar-refractivity contribution is 0.0950. The van der Waals surface area contributed by atoms with Crippen LogP contribution in [0.4, 0.5) is 0 Å². The molecule has 1 heterocycles. The van der Waals surface area contributed by atoms with Gasteiger partial charge in [0.15, 0.2) is 0 Å². The summed E-state index contributed by atoms with van der Waals surface area (Å²) in [4.78, 5) is 12.3. The van der Waals surface area contributed by atoms with E-state index in [2.05, 4.69) is 16.2 Å². The quantitative estimate of drug-likeness (QED) is 0.659. The third-order valence-corrected chi connectivity index (χ3v) is 4.35. The summed E-state index contributed by atoms with van der Waals surface area (Å²) < 4.78 is 16.0. The first-order valence-electron chi connectivity index (χ1n) is 8.88. The zero-order valence-electron chi connectivity index (χ0n) is 15.5. The van der Waals surface area contributed by atoms with E-state index < -0.39 is 0 Å². The van der Waals surface area contributed by atoms with Crippen molar-refractivity contribution in [1.29, 1.82) is 0 Å². The zero-order chi connectivity index (χ0) is 19.1. The van der Waals surface area contributed by atoms with E-state index in [9.17, 15) is 4.79 Å². The number of methoxy groups -OCH3 is 2. The molecule has 27 heavy (non-hydrogen) atoms. The van der Waals surface area contributed by atoms with Gasteiger partial charge >= 0.3 is 0 Å². The maximum atomic E-state index is 12.3. The van der Waals surface area contributed by atoms with Crippen LogP contribution >= 0.6 is 0 Å². The SMILES string of the molecule is COCC1CC(CNC(=O)c2ccc(Oc3ccc(OC)cc3)cc2)NN1. The minimum atomic E-state index is -0.108. The lowest BCUT2D eigenvalue weighted by Gasteiger charge is -2.11. The highest BCUT2D eigenvalue weighted by molar-refractivity contribution is 5.94. The second-order valence-corrected chi connectivity index (χ2v) is 6.39. The number of hydrazine groups is 1. The number of carbonyl (C=O) groups is 1. The summed E-state index contributed by atoms with van der Waals surface area (Å²) in [7, 11) is 3.30. The number of amides is 1. The first-order chi connectivity index (χ1) is 13.2. The normalized spacial score (nSPS) is 18.9. The van der Waals surface area contributed by atoms with Crippen molar-refractivity contribution in [2.75, 3.05) is 27.4 Å². The molecule has 144 valence electrons. The smallest absolute Gasteiger partial charge is 0.251 e. The van der Waals surface area contributed by atoms with Crippen LogP contribution in [0.3, 0.4) is 0 Å². The molecule has 0 bridgehead atoms. The maximum Gasteiger partial charge on any atom is 0.251 e. The van der Waals surface area contributed by atoms with Gasteiger partial charge in [-0.3, -0.25) is 15.6 Å². The molecular formula is C20H25N3O4. The predicted molar refractivity (Wildman–Crippen MR) is 102 cm³/mol. The zero-order valence-corrected chi connectivity index (χ0v) is 15.5. The van der Waals surface area contributed by atoms with Gasteiger partial charge in [-0.2, -0.15) is 0 Å². The fourth-order valence-corrected chi connectivity index (χ4v) is 2.91. The van der Waals surface area contributed by atoms with Crippen molar-refractivity contribution in [3.05, 3.63) is 54.1 Å². The second-order valence-electron chi connectivity index (χ2n) is 6.39. The molecule has 1 aliphatic heterocycles. The molecule has 1 aliphatic rings. The Morgan fingerprint density at radius 1 is 0.963 bits per heavy atom. The van der Waals surface area contributed by atoms with Gasteiger partial charge in [-0.05, 0) is 55.0 Å². The molecule has 2 aromatic rings. The molecule has 1 saturated heterocycles. The van der Waals surface area contributed by atoms with Crippen LogP contribution in [-0.2, 0) is 4.74 Å². The first kappa shape index (κ1) is 19.2. The van der Waals surface area contributed by atoms with E-state index in [0.717, 1.165) is 12.2 Å². The molecule has 3 N–H and O–H groups in total. The van der Waals surface area contributed by atoms with Gasteiger partial charge < -0.3 is 19.5 Å². The highest BCUT2D eigenvalue weighted by Gasteiger charge is 2.23. The molecule has 2 unspecified atom stereocenters. The van der Waals surface area contributed by atoms with Gasteiger partial charge in [-0.25, -0.2) is 0 Å². The predicted octanol–water partition coefficient (Wildman–Crippen LogP) is 2.10. The summed E-state index contributed by atoms with van der Waals surface area (Å²) in [5, 5.41) is 2.95. The van der Waals surface area contributed by atoms with E-state index in [0.29, 0.717) is 30.2 Å². The lowest BCUT2D eigenvalue weighted by Crippen LogP contribution is -2.40. The molecule has 2 aromatic carbocycles. The Kier molecular flexibility index (Phi) is 6.64. The minimum Gasteiger partial charge on any atom is -0.497 e. The van der Waals surface area contributed by atoms with Crippen LogP contribution in [0.2, 0.25) is 0 Å². The Hall–Kier alpha value is -2.61. The van der Waals surface area contributed by atoms with Gasteiger partial charge in [0.1, 0.15) is 17.2 Å². The summed E-state index contributed by atoms with van der Waals surface area (Å²) in [5.41, 5.74) is 6.92. The van der Waals surface area contributed by atoms with Crippen molar-refractivity contribution >= 4 is 5.91 Å². The molecule has 0 spiro atoms. The average Bonchev–Trinajstić information content (AvgIpc) is 3.15. The molecule has 0 aliphatic carbocycles. The second kappa shape index (κ2) is 9.36. The summed E-state index contributed by atoms with van der Waals surface area (Å²) in [6.07, 6.45) is 0.906. The molecule has 3 rings (SSSR count). The largest absolute Gasteiger partial charge is 0.497 e. The van der Waals surface area contributed by atoms with Crippen molar-refractivity contribution in [2.24, 2.45) is 0 Å². The maximum absolute atomic E-state index is 12.3. The molecule has 2 atom stereocenters. The Bertz CT molecular complexity index is 734. The van der Waals surface area contributed by atoms with Gasteiger partial charge in [0.05, 0.1) is 13.7 Å². The Labute approximate surface area is 159 Å². The van der Waals surface area contributed by atoms with Crippen LogP contribution in [-0.4, -0.2) is 45.4 Å². The fourth-order valence-electron chi connectivity index (χ4n) is 2.91. The van der Waals surface area contributed by atoms with Gasteiger partial charge in [-0.1, -0.05) is 0 Å². The van der Waals surface area contributed by atoms with E-state index in [1.54, 1.807) is 38.5 Å². The van der Waals surface area contributed by atoms with Crippen molar-refractivity contribution in [3.8, 4) is 17.2 Å². The van der Waals surface area contributed by atoms with E-state index >= 15 is 0 Å². The molecule has 0 aromatic heterocycles. The Morgan fingerprint density at radius 2 is 1.56 bits per heavy atom. The first-order valence-corrected chi connectivity index (χ1v) is 8.88. The Balaban J connectivity index is 1.48. The van der Waals surface area contributed by atoms with Gasteiger partial charge in [0.25, 0.3) is 5.91 Å². The number of nitrogens with one attached hydrogen (secondary N) is 3. The van der Waals surface area contributed by atoms with Crippen LogP contribution in [0.5, 0.6) is 17.2 Å². The van der Waals surface area contributed by atoms with Crippen LogP contribution in [0.15, 0.2) is 48.5 Å². The standard InChI is InChI=1S/C20H25N3O4/c1-25-13-16-11-15(22-23-16)12-21-20(24)14-3-5-18(6-4-14)27-19-9-7-17(26-2)8-10-19/h3-10,15-16,22-23H,11-13H2,1-2H3,(H,21,24). The number of hydrogen-bond acceptors (Lipinski definition) is 6. The number of ether oxygens (including phenoxy) is 3. The monoisotopic (exact) mass is 371 g/mol. The average molecular weight is 371 g/mol. The van der Waals surface area contributed by atoms with Crippen LogP contribution in [0, 0.1) is 0 Å². The summed E-state index contributed by atoms with van der Waals surface area (Å²) in [6, 6.07) is 14.9. The van der Waals surface area contributed by atoms with Gasteiger partial charge in [-0.15, -0.1) is 0 Å². The summed E-state index contributed by atoms with van der Waals surface area (Å²) in [6.45, 7) is 1.20. The molecule has 7 nitrogen and oxygen atoms in total. The minimum absolute atomic E-state index is 0.108. The highest BCUT2D eigenvalue weighted by Crippen LogP contribution is 2.24. The molecule has 0 saturated carbocycles. The van der Waals surface area contributed by atoms with Crippen molar-refractivity contribution < 1.29 is 19.0 Å². The third-order valence-electron chi connectivity index (χ3n) is 4.35. The molecule has 0 radical (unpaired) electrons. The highest BCUT2D eigenvalue weighted by atomic mass is 16.5. The lowest BCUT2D eigenvalue weighted by atomic mass is 10.1. The van der Waals surface area contributed by atoms with E-state index in [4.69, 9.17) is 14.2 Å². The van der Waals surface area contributed by atoms with Crippen LogP contribution < -0.4 is 25.6 Å². The summed E-state index contributed by atoms with van der Waals surface area (Å²) >= 11 is 0. The number of rotatable bonds is 8. The van der Waals surface area contributed by atoms with Crippen molar-refractivity contribution in [1.82, 2.24) is 16.2 Å². The molecule has 1 amide bonds. The van der Waals surface area contributed by atoms with Crippen LogP contribution in [0.1, 0.15) is 16.8 Å². The van der Waals surface area contributed by atoms with E-state index in [1.165, 1.54) is 0 Å². The fraction of sp³-hybridized carbons (Fsp3) is 0.350. The third kappa shape index (κ3) is 5.43. The van der Waals surface area contributed by atoms with Crippen LogP contribution in [0.25, 0.3) is 0 Å². The topological polar surface area (TPSA) is 80.9 Å². The molecule has 7 heteroatoms. The van der Waals surface area contributed by atoms with Crippen molar-refractivity contribution in [3.63, 3.8) is 0 Å². The molecule has 1 fully saturated rings. The number of hydrogen-bond donors (Lipinski definition) is 3. The summed E-state index contributed by atoms with van der Waals surface area (Å²) in [5.74, 6) is 2.04. The van der Waals surface area contributed by atoms with E-state index in [1.807, 2.05) is 24.3 Å². The Morgan fingerprint density at radius 3 is 2.19 bits per heavy atom. The number of benzene rings is 2.